The van der Waals surface area contributed by atoms with Crippen molar-refractivity contribution in [1.82, 2.24) is 0 Å². The van der Waals surface area contributed by atoms with Gasteiger partial charge >= 0.3 is 0 Å². The molecule has 3 aromatic carbocycles. The highest BCUT2D eigenvalue weighted by molar-refractivity contribution is 5.91. The summed E-state index contributed by atoms with van der Waals surface area (Å²) in [6.45, 7) is 12.7. The topological polar surface area (TPSA) is 60.0 Å². The number of benzene rings is 3. The van der Waals surface area contributed by atoms with Crippen LogP contribution in [0.3, 0.4) is 0 Å². The van der Waals surface area contributed by atoms with E-state index < -0.39 is 0 Å². The standard InChI is InChI=1S/C20H21NO3.C10H12O/c1-11-9-20(2,3)21-14-6-5-12-13(17(11)14)10-24-16-8-7-15(22)19(23-4)18(12)16;1-4-9-5-6-10(11-3)8(2)7-9/h5-9,21-22H,10H2,1-4H3;4-7H,1H2,2-3H3. The summed E-state index contributed by atoms with van der Waals surface area (Å²) >= 11 is 0. The van der Waals surface area contributed by atoms with Crippen LogP contribution >= 0.6 is 0 Å². The van der Waals surface area contributed by atoms with Gasteiger partial charge in [0.1, 0.15) is 18.1 Å². The molecule has 0 fully saturated rings. The number of nitrogens with one attached hydrogen (secondary N) is 1. The van der Waals surface area contributed by atoms with Crippen molar-refractivity contribution in [3.05, 3.63) is 77.4 Å². The largest absolute Gasteiger partial charge is 0.504 e. The predicted octanol–water partition coefficient (Wildman–Crippen LogP) is 7.21. The molecule has 0 amide bonds. The van der Waals surface area contributed by atoms with Crippen molar-refractivity contribution in [1.29, 1.82) is 0 Å². The maximum atomic E-state index is 10.1. The van der Waals surface area contributed by atoms with Crippen LogP contribution in [0.2, 0.25) is 0 Å². The number of ether oxygens (including phenoxy) is 3. The molecule has 0 aromatic heterocycles. The Morgan fingerprint density at radius 2 is 1.80 bits per heavy atom. The second kappa shape index (κ2) is 9.41. The normalized spacial score (nSPS) is 14.4. The van der Waals surface area contributed by atoms with Gasteiger partial charge in [-0.05, 0) is 80.3 Å². The molecule has 0 unspecified atom stereocenters. The Hall–Kier alpha value is -3.86. The van der Waals surface area contributed by atoms with Gasteiger partial charge in [-0.25, -0.2) is 0 Å². The van der Waals surface area contributed by atoms with Gasteiger partial charge in [-0.1, -0.05) is 30.9 Å². The number of anilines is 1. The van der Waals surface area contributed by atoms with Crippen LogP contribution in [0.4, 0.5) is 5.69 Å². The van der Waals surface area contributed by atoms with E-state index in [2.05, 4.69) is 50.9 Å². The van der Waals surface area contributed by atoms with E-state index in [1.54, 1.807) is 26.4 Å². The number of phenolic OH excluding ortho intramolecular Hbond substituents is 1. The van der Waals surface area contributed by atoms with E-state index in [9.17, 15) is 5.11 Å². The fourth-order valence-electron chi connectivity index (χ4n) is 4.90. The van der Waals surface area contributed by atoms with Crippen molar-refractivity contribution in [2.75, 3.05) is 19.5 Å². The summed E-state index contributed by atoms with van der Waals surface area (Å²) in [6, 6.07) is 13.6. The summed E-state index contributed by atoms with van der Waals surface area (Å²) in [7, 11) is 3.24. The minimum absolute atomic E-state index is 0.0747. The fourth-order valence-corrected chi connectivity index (χ4v) is 4.90. The van der Waals surface area contributed by atoms with Crippen molar-refractivity contribution < 1.29 is 19.3 Å². The lowest BCUT2D eigenvalue weighted by Crippen LogP contribution is -2.32. The molecule has 0 saturated heterocycles. The summed E-state index contributed by atoms with van der Waals surface area (Å²) in [5.74, 6) is 2.24. The highest BCUT2D eigenvalue weighted by Gasteiger charge is 2.30. The number of hydrogen-bond donors (Lipinski definition) is 2. The Bertz CT molecular complexity index is 1320. The van der Waals surface area contributed by atoms with Gasteiger partial charge in [0.25, 0.3) is 0 Å². The van der Waals surface area contributed by atoms with Crippen molar-refractivity contribution in [3.8, 4) is 34.1 Å². The van der Waals surface area contributed by atoms with E-state index in [4.69, 9.17) is 14.2 Å². The maximum absolute atomic E-state index is 10.1. The quantitative estimate of drug-likeness (QED) is 0.422. The van der Waals surface area contributed by atoms with E-state index in [0.29, 0.717) is 12.4 Å². The SMILES string of the molecule is C=Cc1ccc(OC)c(C)c1.COc1c(O)ccc2c1-c1ccc3c(c1CO2)C(C)=CC(C)(C)N3. The second-order valence-electron chi connectivity index (χ2n) is 9.40. The molecule has 5 rings (SSSR count). The van der Waals surface area contributed by atoms with E-state index in [1.165, 1.54) is 11.1 Å². The molecule has 5 nitrogen and oxygen atoms in total. The smallest absolute Gasteiger partial charge is 0.172 e. The number of allylic oxidation sites excluding steroid dienone is 1. The van der Waals surface area contributed by atoms with E-state index >= 15 is 0 Å². The molecule has 2 aliphatic heterocycles. The third-order valence-corrected chi connectivity index (χ3v) is 6.34. The van der Waals surface area contributed by atoms with Gasteiger partial charge in [-0.15, -0.1) is 0 Å². The molecule has 5 heteroatoms. The average molecular weight is 472 g/mol. The summed E-state index contributed by atoms with van der Waals surface area (Å²) in [5, 5.41) is 13.7. The lowest BCUT2D eigenvalue weighted by molar-refractivity contribution is 0.297. The Kier molecular flexibility index (Phi) is 6.53. The Balaban J connectivity index is 0.000000221. The first kappa shape index (κ1) is 24.3. The van der Waals surface area contributed by atoms with Crippen molar-refractivity contribution in [2.24, 2.45) is 0 Å². The molecule has 35 heavy (non-hydrogen) atoms. The third-order valence-electron chi connectivity index (χ3n) is 6.34. The van der Waals surface area contributed by atoms with Crippen LogP contribution in [0.1, 0.15) is 43.0 Å². The summed E-state index contributed by atoms with van der Waals surface area (Å²) in [4.78, 5) is 0. The fraction of sp³-hybridized carbons (Fsp3) is 0.267. The molecule has 3 aromatic rings. The minimum atomic E-state index is -0.0747. The molecule has 0 radical (unpaired) electrons. The number of hydrogen-bond acceptors (Lipinski definition) is 5. The number of aryl methyl sites for hydroxylation is 1. The number of fused-ring (bicyclic) bond motifs is 5. The molecule has 0 bridgehead atoms. The van der Waals surface area contributed by atoms with Crippen molar-refractivity contribution in [2.45, 2.75) is 39.8 Å². The van der Waals surface area contributed by atoms with Crippen LogP contribution in [0.5, 0.6) is 23.0 Å². The Morgan fingerprint density at radius 3 is 2.46 bits per heavy atom. The minimum Gasteiger partial charge on any atom is -0.504 e. The van der Waals surface area contributed by atoms with Crippen molar-refractivity contribution in [3.63, 3.8) is 0 Å². The van der Waals surface area contributed by atoms with Gasteiger partial charge in [0.15, 0.2) is 11.5 Å². The zero-order chi connectivity index (χ0) is 25.3. The Labute approximate surface area is 207 Å². The average Bonchev–Trinajstić information content (AvgIpc) is 2.82. The molecular weight excluding hydrogens is 438 g/mol. The number of methoxy groups -OCH3 is 2. The predicted molar refractivity (Wildman–Crippen MR) is 144 cm³/mol. The van der Waals surface area contributed by atoms with E-state index in [1.807, 2.05) is 31.2 Å². The first-order chi connectivity index (χ1) is 16.7. The first-order valence-electron chi connectivity index (χ1n) is 11.6. The van der Waals surface area contributed by atoms with Gasteiger partial charge in [-0.2, -0.15) is 0 Å². The van der Waals surface area contributed by atoms with E-state index in [-0.39, 0.29) is 11.3 Å². The summed E-state index contributed by atoms with van der Waals surface area (Å²) < 4.78 is 16.5. The Morgan fingerprint density at radius 1 is 1.03 bits per heavy atom. The van der Waals surface area contributed by atoms with Crippen LogP contribution in [-0.2, 0) is 6.61 Å². The van der Waals surface area contributed by atoms with Crippen LogP contribution in [0.25, 0.3) is 22.8 Å². The second-order valence-corrected chi connectivity index (χ2v) is 9.40. The number of phenols is 1. The zero-order valence-electron chi connectivity index (χ0n) is 21.3. The molecule has 0 aliphatic carbocycles. The lowest BCUT2D eigenvalue weighted by Gasteiger charge is -2.34. The highest BCUT2D eigenvalue weighted by Crippen LogP contribution is 2.50. The summed E-state index contributed by atoms with van der Waals surface area (Å²) in [5.41, 5.74) is 8.73. The molecule has 2 heterocycles. The van der Waals surface area contributed by atoms with Gasteiger partial charge < -0.3 is 24.6 Å². The zero-order valence-corrected chi connectivity index (χ0v) is 21.3. The number of aromatic hydroxyl groups is 1. The van der Waals surface area contributed by atoms with Gasteiger partial charge in [0, 0.05) is 16.8 Å². The maximum Gasteiger partial charge on any atom is 0.172 e. The first-order valence-corrected chi connectivity index (χ1v) is 11.6. The van der Waals surface area contributed by atoms with Crippen LogP contribution in [-0.4, -0.2) is 24.9 Å². The van der Waals surface area contributed by atoms with Gasteiger partial charge in [0.05, 0.1) is 25.3 Å². The van der Waals surface area contributed by atoms with Crippen LogP contribution in [0, 0.1) is 6.92 Å². The number of rotatable bonds is 3. The monoisotopic (exact) mass is 471 g/mol. The van der Waals surface area contributed by atoms with Gasteiger partial charge in [-0.3, -0.25) is 0 Å². The van der Waals surface area contributed by atoms with E-state index in [0.717, 1.165) is 45.0 Å². The third kappa shape index (κ3) is 4.59. The molecule has 2 N–H and O–H groups in total. The molecule has 0 saturated carbocycles. The van der Waals surface area contributed by atoms with Crippen molar-refractivity contribution >= 4 is 17.3 Å². The molecule has 0 spiro atoms. The van der Waals surface area contributed by atoms with Gasteiger partial charge in [0.2, 0.25) is 0 Å². The highest BCUT2D eigenvalue weighted by atomic mass is 16.5. The van der Waals surface area contributed by atoms with Crippen LogP contribution in [0.15, 0.2) is 55.1 Å². The molecular formula is C30H33NO4. The molecule has 182 valence electrons. The lowest BCUT2D eigenvalue weighted by atomic mass is 9.84. The van der Waals surface area contributed by atoms with Crippen LogP contribution < -0.4 is 19.5 Å². The summed E-state index contributed by atoms with van der Waals surface area (Å²) in [6.07, 6.45) is 4.07. The molecule has 2 aliphatic rings. The molecule has 0 atom stereocenters.